The SMILES string of the molecule is Cc1nc2c(C(=O)O)cccc2n1C1CCS(=O)(=O)C1. The molecule has 2 aromatic rings. The molecule has 1 atom stereocenters. The van der Waals surface area contributed by atoms with Crippen molar-refractivity contribution < 1.29 is 18.3 Å². The van der Waals surface area contributed by atoms with Gasteiger partial charge >= 0.3 is 5.97 Å². The summed E-state index contributed by atoms with van der Waals surface area (Å²) in [6.45, 7) is 1.77. The Morgan fingerprint density at radius 3 is 2.80 bits per heavy atom. The summed E-state index contributed by atoms with van der Waals surface area (Å²) < 4.78 is 25.1. The van der Waals surface area contributed by atoms with E-state index < -0.39 is 15.8 Å². The van der Waals surface area contributed by atoms with Gasteiger partial charge in [0, 0.05) is 0 Å². The van der Waals surface area contributed by atoms with Gasteiger partial charge < -0.3 is 9.67 Å². The van der Waals surface area contributed by atoms with Crippen molar-refractivity contribution in [1.29, 1.82) is 0 Å². The number of aromatic carboxylic acids is 1. The molecule has 0 aliphatic carbocycles. The van der Waals surface area contributed by atoms with Gasteiger partial charge in [0.25, 0.3) is 0 Å². The first-order valence-corrected chi connectivity index (χ1v) is 8.12. The lowest BCUT2D eigenvalue weighted by molar-refractivity contribution is 0.0699. The highest BCUT2D eigenvalue weighted by Crippen LogP contribution is 2.30. The fraction of sp³-hybridized carbons (Fsp3) is 0.385. The summed E-state index contributed by atoms with van der Waals surface area (Å²) in [7, 11) is -3.00. The molecule has 2 heterocycles. The molecule has 3 rings (SSSR count). The lowest BCUT2D eigenvalue weighted by atomic mass is 10.1. The summed E-state index contributed by atoms with van der Waals surface area (Å²) in [4.78, 5) is 15.5. The third-order valence-corrected chi connectivity index (χ3v) is 5.45. The van der Waals surface area contributed by atoms with Gasteiger partial charge in [0.05, 0.1) is 28.6 Å². The number of para-hydroxylation sites is 1. The average molecular weight is 294 g/mol. The molecule has 1 aliphatic rings. The summed E-state index contributed by atoms with van der Waals surface area (Å²) in [6, 6.07) is 4.79. The maximum atomic E-state index is 11.6. The molecule has 0 bridgehead atoms. The standard InChI is InChI=1S/C13H14N2O4S/c1-8-14-12-10(13(16)17)3-2-4-11(12)15(8)9-5-6-20(18,19)7-9/h2-4,9H,5-7H2,1H3,(H,16,17). The predicted octanol–water partition coefficient (Wildman–Crippen LogP) is 1.40. The molecule has 6 nitrogen and oxygen atoms in total. The van der Waals surface area contributed by atoms with Gasteiger partial charge in [-0.3, -0.25) is 0 Å². The molecule has 106 valence electrons. The van der Waals surface area contributed by atoms with E-state index in [2.05, 4.69) is 4.98 Å². The number of sulfone groups is 1. The maximum absolute atomic E-state index is 11.6. The molecule has 20 heavy (non-hydrogen) atoms. The van der Waals surface area contributed by atoms with Crippen LogP contribution in [0.3, 0.4) is 0 Å². The van der Waals surface area contributed by atoms with E-state index in [1.807, 2.05) is 4.57 Å². The summed E-state index contributed by atoms with van der Waals surface area (Å²) in [5, 5.41) is 9.19. The summed E-state index contributed by atoms with van der Waals surface area (Å²) in [5.74, 6) is -0.110. The monoisotopic (exact) mass is 294 g/mol. The molecule has 1 N–H and O–H groups in total. The second kappa shape index (κ2) is 4.31. The second-order valence-corrected chi connectivity index (χ2v) is 7.29. The predicted molar refractivity (Wildman–Crippen MR) is 73.7 cm³/mol. The third-order valence-electron chi connectivity index (χ3n) is 3.70. The van der Waals surface area contributed by atoms with Crippen LogP contribution in [-0.4, -0.2) is 40.6 Å². The normalized spacial score (nSPS) is 21.4. The Bertz CT molecular complexity index is 807. The molecule has 1 aliphatic heterocycles. The summed E-state index contributed by atoms with van der Waals surface area (Å²) in [5.41, 5.74) is 1.25. The highest BCUT2D eigenvalue weighted by molar-refractivity contribution is 7.91. The Morgan fingerprint density at radius 2 is 2.20 bits per heavy atom. The van der Waals surface area contributed by atoms with Crippen LogP contribution in [0.2, 0.25) is 0 Å². The maximum Gasteiger partial charge on any atom is 0.337 e. The van der Waals surface area contributed by atoms with Crippen LogP contribution in [0.25, 0.3) is 11.0 Å². The van der Waals surface area contributed by atoms with E-state index in [1.165, 1.54) is 6.07 Å². The molecule has 1 aromatic carbocycles. The number of hydrogen-bond acceptors (Lipinski definition) is 4. The number of hydrogen-bond donors (Lipinski definition) is 1. The molecule has 0 spiro atoms. The zero-order valence-electron chi connectivity index (χ0n) is 10.9. The number of imidazole rings is 1. The number of benzene rings is 1. The number of aryl methyl sites for hydroxylation is 1. The smallest absolute Gasteiger partial charge is 0.337 e. The van der Waals surface area contributed by atoms with Gasteiger partial charge in [0.2, 0.25) is 0 Å². The Hall–Kier alpha value is -1.89. The molecule has 1 saturated heterocycles. The fourth-order valence-electron chi connectivity index (χ4n) is 2.85. The van der Waals surface area contributed by atoms with Gasteiger partial charge in [-0.2, -0.15) is 0 Å². The summed E-state index contributed by atoms with van der Waals surface area (Å²) in [6.07, 6.45) is 0.548. The van der Waals surface area contributed by atoms with Crippen molar-refractivity contribution in [3.8, 4) is 0 Å². The van der Waals surface area contributed by atoms with E-state index >= 15 is 0 Å². The van der Waals surface area contributed by atoms with Crippen molar-refractivity contribution in [3.05, 3.63) is 29.6 Å². The van der Waals surface area contributed by atoms with E-state index in [1.54, 1.807) is 19.1 Å². The van der Waals surface area contributed by atoms with Gasteiger partial charge in [0.15, 0.2) is 9.84 Å². The average Bonchev–Trinajstić information content (AvgIpc) is 2.87. The highest BCUT2D eigenvalue weighted by Gasteiger charge is 2.31. The summed E-state index contributed by atoms with van der Waals surface area (Å²) >= 11 is 0. The minimum absolute atomic E-state index is 0.0938. The van der Waals surface area contributed by atoms with Crippen molar-refractivity contribution in [2.45, 2.75) is 19.4 Å². The Kier molecular flexibility index (Phi) is 2.82. The first-order chi connectivity index (χ1) is 9.39. The van der Waals surface area contributed by atoms with E-state index in [4.69, 9.17) is 0 Å². The quantitative estimate of drug-likeness (QED) is 0.904. The lowest BCUT2D eigenvalue weighted by Crippen LogP contribution is -2.12. The molecule has 1 aromatic heterocycles. The topological polar surface area (TPSA) is 89.3 Å². The van der Waals surface area contributed by atoms with Crippen molar-refractivity contribution in [2.24, 2.45) is 0 Å². The second-order valence-electron chi connectivity index (χ2n) is 5.06. The van der Waals surface area contributed by atoms with Crippen LogP contribution in [-0.2, 0) is 9.84 Å². The molecule has 0 amide bonds. The molecule has 7 heteroatoms. The Balaban J connectivity index is 2.20. The number of carboxylic acid groups (broad SMARTS) is 1. The number of nitrogens with zero attached hydrogens (tertiary/aromatic N) is 2. The van der Waals surface area contributed by atoms with Crippen LogP contribution in [0.1, 0.15) is 28.6 Å². The fourth-order valence-corrected chi connectivity index (χ4v) is 4.55. The lowest BCUT2D eigenvalue weighted by Gasteiger charge is -2.13. The number of rotatable bonds is 2. The minimum atomic E-state index is -3.00. The number of carboxylic acids is 1. The molecule has 0 radical (unpaired) electrons. The van der Waals surface area contributed by atoms with Crippen LogP contribution in [0.15, 0.2) is 18.2 Å². The zero-order chi connectivity index (χ0) is 14.5. The van der Waals surface area contributed by atoms with E-state index in [-0.39, 0.29) is 23.1 Å². The minimum Gasteiger partial charge on any atom is -0.478 e. The van der Waals surface area contributed by atoms with Crippen molar-refractivity contribution in [2.75, 3.05) is 11.5 Å². The first-order valence-electron chi connectivity index (χ1n) is 6.30. The van der Waals surface area contributed by atoms with Crippen molar-refractivity contribution in [3.63, 3.8) is 0 Å². The molecule has 0 saturated carbocycles. The van der Waals surface area contributed by atoms with Crippen LogP contribution in [0.5, 0.6) is 0 Å². The largest absolute Gasteiger partial charge is 0.478 e. The third kappa shape index (κ3) is 1.98. The van der Waals surface area contributed by atoms with Gasteiger partial charge in [0.1, 0.15) is 11.3 Å². The van der Waals surface area contributed by atoms with Gasteiger partial charge in [-0.25, -0.2) is 18.2 Å². The molecule has 1 unspecified atom stereocenters. The highest BCUT2D eigenvalue weighted by atomic mass is 32.2. The van der Waals surface area contributed by atoms with Crippen LogP contribution < -0.4 is 0 Å². The van der Waals surface area contributed by atoms with Crippen LogP contribution >= 0.6 is 0 Å². The van der Waals surface area contributed by atoms with Gasteiger partial charge in [-0.05, 0) is 25.5 Å². The van der Waals surface area contributed by atoms with Crippen molar-refractivity contribution >= 4 is 26.8 Å². The van der Waals surface area contributed by atoms with E-state index in [0.717, 1.165) is 0 Å². The molecular weight excluding hydrogens is 280 g/mol. The van der Waals surface area contributed by atoms with Gasteiger partial charge in [-0.1, -0.05) is 6.07 Å². The Labute approximate surface area is 116 Å². The van der Waals surface area contributed by atoms with Crippen LogP contribution in [0, 0.1) is 6.92 Å². The van der Waals surface area contributed by atoms with E-state index in [9.17, 15) is 18.3 Å². The van der Waals surface area contributed by atoms with Crippen LogP contribution in [0.4, 0.5) is 0 Å². The van der Waals surface area contributed by atoms with E-state index in [0.29, 0.717) is 23.3 Å². The number of carbonyl (C=O) groups is 1. The van der Waals surface area contributed by atoms with Crippen molar-refractivity contribution in [1.82, 2.24) is 9.55 Å². The number of fused-ring (bicyclic) bond motifs is 1. The van der Waals surface area contributed by atoms with Gasteiger partial charge in [-0.15, -0.1) is 0 Å². The zero-order valence-corrected chi connectivity index (χ0v) is 11.7. The first kappa shape index (κ1) is 13.1. The molecular formula is C13H14N2O4S. The Morgan fingerprint density at radius 1 is 1.45 bits per heavy atom. The molecule has 1 fully saturated rings. The number of aromatic nitrogens is 2.